The highest BCUT2D eigenvalue weighted by Gasteiger charge is 2.61. The van der Waals surface area contributed by atoms with E-state index in [0.29, 0.717) is 30.7 Å². The molecule has 0 aromatic heterocycles. The number of aliphatic hydroxyl groups excluding tert-OH is 1. The average molecular weight is 493 g/mol. The lowest BCUT2D eigenvalue weighted by molar-refractivity contribution is -0.134. The molecule has 2 saturated heterocycles. The van der Waals surface area contributed by atoms with Gasteiger partial charge >= 0.3 is 0 Å². The third-order valence-corrected chi connectivity index (χ3v) is 10.5. The molecule has 2 aliphatic heterocycles. The number of nitrogens with zero attached hydrogens (tertiary/aromatic N) is 2. The molecule has 6 unspecified atom stereocenters. The Hall–Kier alpha value is -1.25. The molecule has 0 aromatic rings. The minimum absolute atomic E-state index is 0.0655. The summed E-state index contributed by atoms with van der Waals surface area (Å²) in [4.78, 5) is 29.5. The molecule has 35 heavy (non-hydrogen) atoms. The van der Waals surface area contributed by atoms with Crippen molar-refractivity contribution in [2.24, 2.45) is 17.3 Å². The van der Waals surface area contributed by atoms with Crippen LogP contribution in [0.2, 0.25) is 0 Å². The molecular weight excluding hydrogens is 447 g/mol. The molecule has 7 nitrogen and oxygen atoms in total. The fraction of sp³-hybridized carbons (Fsp3) is 0.926. The molecule has 0 bridgehead atoms. The molecule has 5 rings (SSSR count). The second-order valence-electron chi connectivity index (χ2n) is 12.3. The second-order valence-corrected chi connectivity index (χ2v) is 12.3. The molecule has 3 saturated carbocycles. The number of halogens is 1. The van der Waals surface area contributed by atoms with Gasteiger partial charge in [-0.1, -0.05) is 13.3 Å². The van der Waals surface area contributed by atoms with E-state index in [-0.39, 0.29) is 41.4 Å². The average Bonchev–Trinajstić information content (AvgIpc) is 3.47. The number of rotatable bonds is 6. The Morgan fingerprint density at radius 3 is 2.63 bits per heavy atom. The molecule has 2 amide bonds. The largest absolute Gasteiger partial charge is 0.387 e. The molecular formula is C27H45FN4O3. The van der Waals surface area contributed by atoms with E-state index in [0.717, 1.165) is 64.5 Å². The van der Waals surface area contributed by atoms with E-state index in [2.05, 4.69) is 22.5 Å². The van der Waals surface area contributed by atoms with Gasteiger partial charge in [-0.25, -0.2) is 4.39 Å². The first kappa shape index (κ1) is 25.4. The first-order chi connectivity index (χ1) is 16.8. The van der Waals surface area contributed by atoms with Crippen LogP contribution < -0.4 is 10.6 Å². The number of alkyl halides is 1. The summed E-state index contributed by atoms with van der Waals surface area (Å²) in [6.07, 6.45) is 9.87. The number of hydrogen-bond acceptors (Lipinski definition) is 5. The number of hydrogen-bond donors (Lipinski definition) is 3. The van der Waals surface area contributed by atoms with Gasteiger partial charge in [0.15, 0.2) is 0 Å². The summed E-state index contributed by atoms with van der Waals surface area (Å²) in [6.45, 7) is 3.58. The van der Waals surface area contributed by atoms with E-state index in [4.69, 9.17) is 0 Å². The third-order valence-electron chi connectivity index (χ3n) is 10.5. The maximum atomic E-state index is 15.5. The van der Waals surface area contributed by atoms with Crippen molar-refractivity contribution in [2.75, 3.05) is 26.7 Å². The molecule has 2 heterocycles. The number of carbonyl (C=O) groups is 2. The maximum absolute atomic E-state index is 15.5. The predicted molar refractivity (Wildman–Crippen MR) is 132 cm³/mol. The summed E-state index contributed by atoms with van der Waals surface area (Å²) in [5.41, 5.74) is -0.352. The predicted octanol–water partition coefficient (Wildman–Crippen LogP) is 2.22. The number of amides is 2. The van der Waals surface area contributed by atoms with Gasteiger partial charge in [0.25, 0.3) is 0 Å². The standard InChI is InChI=1S/C27H45FN4O3/c1-17-9-10-23(28)27(18-5-3-6-18)14-22(30-25(17)27)26(35)29-19-7-4-8-20(13-19)32-12-11-21(15-32)31(2)24(34)16-33/h17-23,25,30,33H,3-16H2,1-2H3,(H,29,35)/t17?,19-,20?,21-,22?,23?,25?,27?/m1/s1. The van der Waals surface area contributed by atoms with Crippen LogP contribution >= 0.6 is 0 Å². The normalized spacial score (nSPS) is 42.3. The van der Waals surface area contributed by atoms with E-state index in [1.165, 1.54) is 6.42 Å². The van der Waals surface area contributed by atoms with Crippen molar-refractivity contribution < 1.29 is 19.1 Å². The van der Waals surface area contributed by atoms with Crippen LogP contribution in [0.5, 0.6) is 0 Å². The number of nitrogens with one attached hydrogen (secondary N) is 2. The number of fused-ring (bicyclic) bond motifs is 1. The Morgan fingerprint density at radius 2 is 1.91 bits per heavy atom. The van der Waals surface area contributed by atoms with Crippen LogP contribution in [0.25, 0.3) is 0 Å². The van der Waals surface area contributed by atoms with Gasteiger partial charge in [-0.15, -0.1) is 0 Å². The molecule has 5 aliphatic rings. The number of carbonyl (C=O) groups excluding carboxylic acids is 2. The summed E-state index contributed by atoms with van der Waals surface area (Å²) in [6, 6.07) is 0.543. The highest BCUT2D eigenvalue weighted by molar-refractivity contribution is 5.82. The summed E-state index contributed by atoms with van der Waals surface area (Å²) >= 11 is 0. The van der Waals surface area contributed by atoms with Crippen molar-refractivity contribution in [1.82, 2.24) is 20.4 Å². The van der Waals surface area contributed by atoms with Crippen LogP contribution in [0.4, 0.5) is 4.39 Å². The molecule has 8 atom stereocenters. The van der Waals surface area contributed by atoms with E-state index in [9.17, 15) is 14.7 Å². The van der Waals surface area contributed by atoms with Gasteiger partial charge in [-0.05, 0) is 76.0 Å². The fourth-order valence-corrected chi connectivity index (χ4v) is 8.22. The lowest BCUT2D eigenvalue weighted by Crippen LogP contribution is -2.56. The lowest BCUT2D eigenvalue weighted by atomic mass is 9.54. The van der Waals surface area contributed by atoms with Gasteiger partial charge in [-0.2, -0.15) is 0 Å². The van der Waals surface area contributed by atoms with Gasteiger partial charge in [-0.3, -0.25) is 14.5 Å². The van der Waals surface area contributed by atoms with Crippen molar-refractivity contribution in [3.63, 3.8) is 0 Å². The molecule has 198 valence electrons. The van der Waals surface area contributed by atoms with Crippen LogP contribution in [0.1, 0.15) is 77.6 Å². The van der Waals surface area contributed by atoms with Crippen LogP contribution in [0.15, 0.2) is 0 Å². The second kappa shape index (κ2) is 10.3. The molecule has 3 aliphatic carbocycles. The van der Waals surface area contributed by atoms with Crippen LogP contribution in [0, 0.1) is 17.3 Å². The Balaban J connectivity index is 1.18. The molecule has 0 aromatic carbocycles. The minimum Gasteiger partial charge on any atom is -0.387 e. The van der Waals surface area contributed by atoms with Gasteiger partial charge < -0.3 is 20.6 Å². The fourth-order valence-electron chi connectivity index (χ4n) is 8.22. The number of aliphatic hydroxyl groups is 1. The number of likely N-dealkylation sites (tertiary alicyclic amines) is 1. The van der Waals surface area contributed by atoms with E-state index < -0.39 is 12.8 Å². The first-order valence-electron chi connectivity index (χ1n) is 14.1. The number of likely N-dealkylation sites (N-methyl/N-ethyl adjacent to an activating group) is 1. The molecule has 0 radical (unpaired) electrons. The van der Waals surface area contributed by atoms with Gasteiger partial charge in [0.1, 0.15) is 12.8 Å². The Bertz CT molecular complexity index is 790. The summed E-state index contributed by atoms with van der Waals surface area (Å²) < 4.78 is 15.5. The zero-order chi connectivity index (χ0) is 24.7. The molecule has 3 N–H and O–H groups in total. The van der Waals surface area contributed by atoms with Crippen molar-refractivity contribution in [3.8, 4) is 0 Å². The van der Waals surface area contributed by atoms with Crippen LogP contribution in [0.3, 0.4) is 0 Å². The maximum Gasteiger partial charge on any atom is 0.248 e. The van der Waals surface area contributed by atoms with Gasteiger partial charge in [0.05, 0.1) is 6.04 Å². The van der Waals surface area contributed by atoms with Crippen molar-refractivity contribution in [3.05, 3.63) is 0 Å². The molecule has 8 heteroatoms. The van der Waals surface area contributed by atoms with E-state index >= 15 is 4.39 Å². The van der Waals surface area contributed by atoms with E-state index in [1.54, 1.807) is 11.9 Å². The van der Waals surface area contributed by atoms with Crippen molar-refractivity contribution >= 4 is 11.8 Å². The van der Waals surface area contributed by atoms with Gasteiger partial charge in [0.2, 0.25) is 11.8 Å². The Morgan fingerprint density at radius 1 is 1.14 bits per heavy atom. The van der Waals surface area contributed by atoms with Crippen molar-refractivity contribution in [1.29, 1.82) is 0 Å². The Labute approximate surface area is 209 Å². The minimum atomic E-state index is -0.794. The van der Waals surface area contributed by atoms with Crippen LogP contribution in [-0.4, -0.2) is 89.8 Å². The quantitative estimate of drug-likeness (QED) is 0.530. The zero-order valence-corrected chi connectivity index (χ0v) is 21.6. The van der Waals surface area contributed by atoms with Crippen LogP contribution in [-0.2, 0) is 9.59 Å². The topological polar surface area (TPSA) is 84.9 Å². The summed E-state index contributed by atoms with van der Waals surface area (Å²) in [5, 5.41) is 16.2. The highest BCUT2D eigenvalue weighted by Crippen LogP contribution is 2.58. The van der Waals surface area contributed by atoms with E-state index in [1.807, 2.05) is 0 Å². The summed E-state index contributed by atoms with van der Waals surface area (Å²) in [7, 11) is 1.78. The van der Waals surface area contributed by atoms with Gasteiger partial charge in [0, 0.05) is 49.7 Å². The SMILES string of the molecule is CC1CCC(F)C2(C3CCC3)CC(C(=O)N[C@@H]3CCCC(N4CC[C@@H](N(C)C(=O)CO)C4)C3)NC12. The summed E-state index contributed by atoms with van der Waals surface area (Å²) in [5.74, 6) is 0.683. The zero-order valence-electron chi connectivity index (χ0n) is 21.6. The Kier molecular flexibility index (Phi) is 7.44. The first-order valence-corrected chi connectivity index (χ1v) is 14.1. The smallest absolute Gasteiger partial charge is 0.248 e. The highest BCUT2D eigenvalue weighted by atomic mass is 19.1. The van der Waals surface area contributed by atoms with Crippen molar-refractivity contribution in [2.45, 2.75) is 114 Å². The lowest BCUT2D eigenvalue weighted by Gasteiger charge is -2.52. The molecule has 5 fully saturated rings. The third kappa shape index (κ3) is 4.63. The monoisotopic (exact) mass is 492 g/mol. The molecule has 0 spiro atoms.